The highest BCUT2D eigenvalue weighted by atomic mass is 16.5. The number of nitrogens with one attached hydrogen (secondary N) is 1. The van der Waals surface area contributed by atoms with E-state index in [9.17, 15) is 0 Å². The van der Waals surface area contributed by atoms with Crippen LogP contribution in [-0.2, 0) is 11.2 Å². The van der Waals surface area contributed by atoms with Crippen LogP contribution in [0, 0.1) is 11.8 Å². The zero-order valence-electron chi connectivity index (χ0n) is 12.5. The Bertz CT molecular complexity index is 389. The third-order valence-corrected chi connectivity index (χ3v) is 4.13. The molecule has 0 aliphatic heterocycles. The van der Waals surface area contributed by atoms with Crippen LogP contribution in [0.1, 0.15) is 43.9 Å². The molecule has 1 aliphatic carbocycles. The van der Waals surface area contributed by atoms with E-state index in [0.717, 1.165) is 25.6 Å². The highest BCUT2D eigenvalue weighted by Gasteiger charge is 2.30. The van der Waals surface area contributed by atoms with Crippen molar-refractivity contribution in [2.45, 2.75) is 39.2 Å². The molecular formula is C17H27NO. The van der Waals surface area contributed by atoms with Crippen molar-refractivity contribution in [1.29, 1.82) is 0 Å². The Kier molecular flexibility index (Phi) is 5.41. The first kappa shape index (κ1) is 14.5. The topological polar surface area (TPSA) is 21.3 Å². The van der Waals surface area contributed by atoms with Gasteiger partial charge in [-0.15, -0.1) is 0 Å². The minimum absolute atomic E-state index is 0.505. The maximum absolute atomic E-state index is 5.77. The molecule has 1 aromatic rings. The lowest BCUT2D eigenvalue weighted by Crippen LogP contribution is -2.22. The number of ether oxygens (including phenoxy) is 1. The maximum Gasteiger partial charge on any atom is 0.0469 e. The summed E-state index contributed by atoms with van der Waals surface area (Å²) in [5.41, 5.74) is 2.99. The summed E-state index contributed by atoms with van der Waals surface area (Å²) in [5.74, 6) is 1.42. The van der Waals surface area contributed by atoms with Crippen molar-refractivity contribution in [3.63, 3.8) is 0 Å². The van der Waals surface area contributed by atoms with Crippen molar-refractivity contribution in [3.8, 4) is 0 Å². The molecule has 2 rings (SSSR count). The highest BCUT2D eigenvalue weighted by Crippen LogP contribution is 2.37. The third kappa shape index (κ3) is 3.80. The molecule has 0 heterocycles. The van der Waals surface area contributed by atoms with E-state index in [1.165, 1.54) is 24.0 Å². The van der Waals surface area contributed by atoms with Gasteiger partial charge in [-0.1, -0.05) is 38.1 Å². The summed E-state index contributed by atoms with van der Waals surface area (Å²) in [5, 5.41) is 3.47. The van der Waals surface area contributed by atoms with Crippen LogP contribution < -0.4 is 5.32 Å². The molecule has 0 spiro atoms. The van der Waals surface area contributed by atoms with E-state index in [1.54, 1.807) is 0 Å². The van der Waals surface area contributed by atoms with Crippen LogP contribution in [0.4, 0.5) is 0 Å². The van der Waals surface area contributed by atoms with Crippen molar-refractivity contribution in [2.75, 3.05) is 20.3 Å². The van der Waals surface area contributed by atoms with Gasteiger partial charge in [0.15, 0.2) is 0 Å². The van der Waals surface area contributed by atoms with Gasteiger partial charge in [0.2, 0.25) is 0 Å². The Morgan fingerprint density at radius 1 is 1.26 bits per heavy atom. The van der Waals surface area contributed by atoms with Gasteiger partial charge in [0.25, 0.3) is 0 Å². The smallest absolute Gasteiger partial charge is 0.0469 e. The Morgan fingerprint density at radius 2 is 2.05 bits per heavy atom. The molecule has 0 aromatic heterocycles. The predicted octanol–water partition coefficient (Wildman–Crippen LogP) is 3.57. The van der Waals surface area contributed by atoms with Crippen LogP contribution >= 0.6 is 0 Å². The zero-order chi connectivity index (χ0) is 13.7. The van der Waals surface area contributed by atoms with Gasteiger partial charge < -0.3 is 10.1 Å². The van der Waals surface area contributed by atoms with E-state index >= 15 is 0 Å². The van der Waals surface area contributed by atoms with Crippen LogP contribution in [0.2, 0.25) is 0 Å². The van der Waals surface area contributed by atoms with Crippen molar-refractivity contribution in [3.05, 3.63) is 35.4 Å². The van der Waals surface area contributed by atoms with Gasteiger partial charge in [0.05, 0.1) is 0 Å². The minimum Gasteiger partial charge on any atom is -0.381 e. The van der Waals surface area contributed by atoms with Crippen molar-refractivity contribution in [2.24, 2.45) is 11.8 Å². The Labute approximate surface area is 117 Å². The Hall–Kier alpha value is -0.860. The van der Waals surface area contributed by atoms with E-state index in [2.05, 4.69) is 50.5 Å². The molecule has 1 aromatic carbocycles. The first-order valence-corrected chi connectivity index (χ1v) is 7.55. The van der Waals surface area contributed by atoms with E-state index in [1.807, 2.05) is 0 Å². The lowest BCUT2D eigenvalue weighted by atomic mass is 9.97. The summed E-state index contributed by atoms with van der Waals surface area (Å²) in [6.07, 6.45) is 3.51. The fourth-order valence-electron chi connectivity index (χ4n) is 2.99. The van der Waals surface area contributed by atoms with Gasteiger partial charge in [0.1, 0.15) is 0 Å². The summed E-state index contributed by atoms with van der Waals surface area (Å²) in [6.45, 7) is 6.28. The minimum atomic E-state index is 0.505. The quantitative estimate of drug-likeness (QED) is 0.758. The molecule has 1 aliphatic rings. The number of hydrogen-bond donors (Lipinski definition) is 1. The van der Waals surface area contributed by atoms with Crippen LogP contribution in [0.5, 0.6) is 0 Å². The SMILES string of the molecule is CNC1c2ccccc2CC1CCOCCC(C)C. The lowest BCUT2D eigenvalue weighted by molar-refractivity contribution is 0.107. The lowest BCUT2D eigenvalue weighted by Gasteiger charge is -2.20. The standard InChI is InChI=1S/C17H27NO/c1-13(2)8-10-19-11-9-15-12-14-6-4-5-7-16(14)17(15)18-3/h4-7,13,15,17-18H,8-12H2,1-3H3. The van der Waals surface area contributed by atoms with E-state index < -0.39 is 0 Å². The van der Waals surface area contributed by atoms with E-state index in [0.29, 0.717) is 12.0 Å². The Balaban J connectivity index is 1.79. The molecule has 0 radical (unpaired) electrons. The molecule has 2 atom stereocenters. The molecule has 1 N–H and O–H groups in total. The van der Waals surface area contributed by atoms with Crippen molar-refractivity contribution >= 4 is 0 Å². The van der Waals surface area contributed by atoms with Gasteiger partial charge in [-0.2, -0.15) is 0 Å². The van der Waals surface area contributed by atoms with Crippen LogP contribution in [0.15, 0.2) is 24.3 Å². The molecule has 0 bridgehead atoms. The van der Waals surface area contributed by atoms with Gasteiger partial charge in [-0.25, -0.2) is 0 Å². The predicted molar refractivity (Wildman–Crippen MR) is 80.3 cm³/mol. The molecule has 0 saturated carbocycles. The number of hydrogen-bond acceptors (Lipinski definition) is 2. The van der Waals surface area contributed by atoms with E-state index in [4.69, 9.17) is 4.74 Å². The van der Waals surface area contributed by atoms with Crippen LogP contribution in [0.3, 0.4) is 0 Å². The fraction of sp³-hybridized carbons (Fsp3) is 0.647. The van der Waals surface area contributed by atoms with E-state index in [-0.39, 0.29) is 0 Å². The molecule has 106 valence electrons. The van der Waals surface area contributed by atoms with Crippen LogP contribution in [0.25, 0.3) is 0 Å². The van der Waals surface area contributed by atoms with Crippen molar-refractivity contribution in [1.82, 2.24) is 5.32 Å². The van der Waals surface area contributed by atoms with Crippen LogP contribution in [-0.4, -0.2) is 20.3 Å². The number of benzene rings is 1. The summed E-state index contributed by atoms with van der Waals surface area (Å²) < 4.78 is 5.77. The second kappa shape index (κ2) is 7.06. The van der Waals surface area contributed by atoms with Gasteiger partial charge in [-0.3, -0.25) is 0 Å². The second-order valence-electron chi connectivity index (χ2n) is 6.01. The monoisotopic (exact) mass is 261 g/mol. The first-order valence-electron chi connectivity index (χ1n) is 7.55. The summed E-state index contributed by atoms with van der Waals surface area (Å²) in [4.78, 5) is 0. The number of rotatable bonds is 7. The molecule has 19 heavy (non-hydrogen) atoms. The molecular weight excluding hydrogens is 234 g/mol. The fourth-order valence-corrected chi connectivity index (χ4v) is 2.99. The Morgan fingerprint density at radius 3 is 2.79 bits per heavy atom. The first-order chi connectivity index (χ1) is 9.22. The largest absolute Gasteiger partial charge is 0.381 e. The van der Waals surface area contributed by atoms with Gasteiger partial charge in [-0.05, 0) is 49.3 Å². The molecule has 2 unspecified atom stereocenters. The van der Waals surface area contributed by atoms with Gasteiger partial charge >= 0.3 is 0 Å². The average Bonchev–Trinajstić information content (AvgIpc) is 2.75. The normalized spacial score (nSPS) is 21.9. The molecule has 0 fully saturated rings. The number of fused-ring (bicyclic) bond motifs is 1. The summed E-state index contributed by atoms with van der Waals surface area (Å²) in [7, 11) is 2.07. The summed E-state index contributed by atoms with van der Waals surface area (Å²) >= 11 is 0. The highest BCUT2D eigenvalue weighted by molar-refractivity contribution is 5.35. The second-order valence-corrected chi connectivity index (χ2v) is 6.01. The third-order valence-electron chi connectivity index (χ3n) is 4.13. The summed E-state index contributed by atoms with van der Waals surface area (Å²) in [6, 6.07) is 9.32. The molecule has 0 amide bonds. The maximum atomic E-state index is 5.77. The molecule has 0 saturated heterocycles. The molecule has 2 heteroatoms. The molecule has 2 nitrogen and oxygen atoms in total. The van der Waals surface area contributed by atoms with Crippen molar-refractivity contribution < 1.29 is 4.74 Å². The zero-order valence-corrected chi connectivity index (χ0v) is 12.5. The average molecular weight is 261 g/mol. The van der Waals surface area contributed by atoms with Gasteiger partial charge in [0, 0.05) is 19.3 Å².